The van der Waals surface area contributed by atoms with Crippen LogP contribution in [-0.4, -0.2) is 36.4 Å². The molecule has 0 bridgehead atoms. The quantitative estimate of drug-likeness (QED) is 0.873. The number of piperidine rings is 1. The summed E-state index contributed by atoms with van der Waals surface area (Å²) in [7, 11) is 1.76. The van der Waals surface area contributed by atoms with Crippen molar-refractivity contribution in [3.05, 3.63) is 10.6 Å². The molecular weight excluding hydrogens is 224 g/mol. The van der Waals surface area contributed by atoms with E-state index in [0.717, 1.165) is 41.6 Å². The van der Waals surface area contributed by atoms with Gasteiger partial charge in [0.05, 0.1) is 23.3 Å². The molecule has 0 radical (unpaired) electrons. The summed E-state index contributed by atoms with van der Waals surface area (Å²) in [6.07, 6.45) is 2.59. The lowest BCUT2D eigenvalue weighted by Crippen LogP contribution is -2.39. The van der Waals surface area contributed by atoms with Gasteiger partial charge in [0, 0.05) is 20.2 Å². The van der Waals surface area contributed by atoms with Gasteiger partial charge in [-0.25, -0.2) is 4.98 Å². The highest BCUT2D eigenvalue weighted by atomic mass is 32.1. The van der Waals surface area contributed by atoms with Crippen molar-refractivity contribution in [2.24, 2.45) is 0 Å². The first-order valence-corrected chi connectivity index (χ1v) is 6.41. The van der Waals surface area contributed by atoms with Crippen molar-refractivity contribution in [1.82, 2.24) is 4.98 Å². The summed E-state index contributed by atoms with van der Waals surface area (Å²) in [6.45, 7) is 3.99. The molecule has 1 atom stereocenters. The molecule has 1 saturated heterocycles. The molecule has 2 rings (SSSR count). The molecule has 1 aromatic heterocycles. The van der Waals surface area contributed by atoms with Gasteiger partial charge in [0.2, 0.25) is 0 Å². The number of thiazole rings is 1. The van der Waals surface area contributed by atoms with Crippen LogP contribution in [0.5, 0.6) is 0 Å². The van der Waals surface area contributed by atoms with E-state index in [0.29, 0.717) is 6.10 Å². The van der Waals surface area contributed by atoms with Crippen molar-refractivity contribution < 1.29 is 9.84 Å². The fourth-order valence-electron chi connectivity index (χ4n) is 2.00. The zero-order valence-corrected chi connectivity index (χ0v) is 10.6. The van der Waals surface area contributed by atoms with Gasteiger partial charge in [0.15, 0.2) is 5.13 Å². The monoisotopic (exact) mass is 242 g/mol. The molecule has 1 unspecified atom stereocenters. The van der Waals surface area contributed by atoms with E-state index in [4.69, 9.17) is 9.84 Å². The number of methoxy groups -OCH3 is 1. The number of rotatable bonds is 3. The lowest BCUT2D eigenvalue weighted by molar-refractivity contribution is 0.0893. The van der Waals surface area contributed by atoms with E-state index in [1.165, 1.54) is 0 Å². The maximum Gasteiger partial charge on any atom is 0.185 e. The predicted molar refractivity (Wildman–Crippen MR) is 65.0 cm³/mol. The third-order valence-electron chi connectivity index (χ3n) is 3.01. The van der Waals surface area contributed by atoms with Crippen molar-refractivity contribution in [1.29, 1.82) is 0 Å². The average molecular weight is 242 g/mol. The van der Waals surface area contributed by atoms with E-state index in [9.17, 15) is 0 Å². The van der Waals surface area contributed by atoms with E-state index in [1.54, 1.807) is 18.4 Å². The Bertz CT molecular complexity index is 354. The zero-order chi connectivity index (χ0) is 11.5. The third-order valence-corrected chi connectivity index (χ3v) is 4.21. The summed E-state index contributed by atoms with van der Waals surface area (Å²) in [5, 5.41) is 10.2. The van der Waals surface area contributed by atoms with Crippen LogP contribution in [-0.2, 0) is 11.3 Å². The van der Waals surface area contributed by atoms with E-state index >= 15 is 0 Å². The van der Waals surface area contributed by atoms with Gasteiger partial charge in [-0.15, -0.1) is 0 Å². The molecule has 1 N–H and O–H groups in total. The molecule has 1 aliphatic heterocycles. The predicted octanol–water partition coefficient (Wildman–Crippen LogP) is 1.56. The molecule has 4 nitrogen and oxygen atoms in total. The molecule has 0 saturated carbocycles. The molecule has 16 heavy (non-hydrogen) atoms. The lowest BCUT2D eigenvalue weighted by atomic mass is 10.1. The van der Waals surface area contributed by atoms with Gasteiger partial charge in [-0.05, 0) is 19.8 Å². The van der Waals surface area contributed by atoms with Gasteiger partial charge >= 0.3 is 0 Å². The van der Waals surface area contributed by atoms with Crippen LogP contribution in [0.3, 0.4) is 0 Å². The van der Waals surface area contributed by atoms with E-state index in [-0.39, 0.29) is 6.61 Å². The molecule has 0 aromatic carbocycles. The Kier molecular flexibility index (Phi) is 3.78. The van der Waals surface area contributed by atoms with Crippen molar-refractivity contribution in [2.45, 2.75) is 32.5 Å². The van der Waals surface area contributed by atoms with Crippen molar-refractivity contribution in [2.75, 3.05) is 25.1 Å². The Morgan fingerprint density at radius 1 is 1.62 bits per heavy atom. The summed E-state index contributed by atoms with van der Waals surface area (Å²) < 4.78 is 5.39. The first-order chi connectivity index (χ1) is 7.74. The smallest absolute Gasteiger partial charge is 0.185 e. The zero-order valence-electron chi connectivity index (χ0n) is 9.77. The van der Waals surface area contributed by atoms with Crippen molar-refractivity contribution >= 4 is 16.5 Å². The van der Waals surface area contributed by atoms with Crippen LogP contribution in [0.4, 0.5) is 5.13 Å². The Balaban J connectivity index is 2.10. The van der Waals surface area contributed by atoms with Crippen molar-refractivity contribution in [3.8, 4) is 0 Å². The van der Waals surface area contributed by atoms with Crippen LogP contribution in [0.1, 0.15) is 23.4 Å². The van der Waals surface area contributed by atoms with Gasteiger partial charge in [0.25, 0.3) is 0 Å². The number of aliphatic hydroxyl groups is 1. The SMILES string of the molecule is COC1CCCN(c2nc(C)c(CO)s2)C1. The number of aliphatic hydroxyl groups excluding tert-OH is 1. The second-order valence-corrected chi connectivity index (χ2v) is 5.17. The minimum Gasteiger partial charge on any atom is -0.391 e. The Labute approximate surface area is 99.9 Å². The molecule has 0 spiro atoms. The first kappa shape index (κ1) is 11.8. The number of ether oxygens (including phenoxy) is 1. The highest BCUT2D eigenvalue weighted by Gasteiger charge is 2.22. The van der Waals surface area contributed by atoms with Gasteiger partial charge in [-0.3, -0.25) is 0 Å². The summed E-state index contributed by atoms with van der Waals surface area (Å²) in [6, 6.07) is 0. The first-order valence-electron chi connectivity index (χ1n) is 5.59. The summed E-state index contributed by atoms with van der Waals surface area (Å²) in [4.78, 5) is 7.73. The fourth-order valence-corrected chi connectivity index (χ4v) is 2.95. The van der Waals surface area contributed by atoms with E-state index in [2.05, 4.69) is 9.88 Å². The summed E-state index contributed by atoms with van der Waals surface area (Å²) >= 11 is 1.59. The minimum absolute atomic E-state index is 0.0883. The van der Waals surface area contributed by atoms with Crippen LogP contribution in [0.25, 0.3) is 0 Å². The maximum atomic E-state index is 9.16. The summed E-state index contributed by atoms with van der Waals surface area (Å²) in [5.74, 6) is 0. The van der Waals surface area contributed by atoms with E-state index < -0.39 is 0 Å². The van der Waals surface area contributed by atoms with Crippen LogP contribution in [0.2, 0.25) is 0 Å². The number of hydrogen-bond acceptors (Lipinski definition) is 5. The van der Waals surface area contributed by atoms with E-state index in [1.807, 2.05) is 6.92 Å². The van der Waals surface area contributed by atoms with Gasteiger partial charge in [0.1, 0.15) is 0 Å². The van der Waals surface area contributed by atoms with Crippen LogP contribution in [0.15, 0.2) is 0 Å². The van der Waals surface area contributed by atoms with Crippen LogP contribution in [0, 0.1) is 6.92 Å². The maximum absolute atomic E-state index is 9.16. The molecule has 1 fully saturated rings. The van der Waals surface area contributed by atoms with Gasteiger partial charge in [-0.2, -0.15) is 0 Å². The highest BCUT2D eigenvalue weighted by molar-refractivity contribution is 7.15. The fraction of sp³-hybridized carbons (Fsp3) is 0.727. The molecule has 2 heterocycles. The number of hydrogen-bond donors (Lipinski definition) is 1. The van der Waals surface area contributed by atoms with Gasteiger partial charge < -0.3 is 14.7 Å². The molecule has 1 aliphatic rings. The number of aryl methyl sites for hydroxylation is 1. The Morgan fingerprint density at radius 2 is 2.44 bits per heavy atom. The second-order valence-electron chi connectivity index (χ2n) is 4.11. The number of anilines is 1. The average Bonchev–Trinajstić information content (AvgIpc) is 2.71. The lowest BCUT2D eigenvalue weighted by Gasteiger charge is -2.31. The Morgan fingerprint density at radius 3 is 3.06 bits per heavy atom. The number of nitrogens with zero attached hydrogens (tertiary/aromatic N) is 2. The highest BCUT2D eigenvalue weighted by Crippen LogP contribution is 2.28. The van der Waals surface area contributed by atoms with Crippen LogP contribution >= 0.6 is 11.3 Å². The third kappa shape index (κ3) is 2.36. The molecule has 1 aromatic rings. The molecular formula is C11H18N2O2S. The van der Waals surface area contributed by atoms with Gasteiger partial charge in [-0.1, -0.05) is 11.3 Å². The Hall–Kier alpha value is -0.650. The summed E-state index contributed by atoms with van der Waals surface area (Å²) in [5.41, 5.74) is 0.946. The topological polar surface area (TPSA) is 45.6 Å². The standard InChI is InChI=1S/C11H18N2O2S/c1-8-10(7-14)16-11(12-8)13-5-3-4-9(6-13)15-2/h9,14H,3-7H2,1-2H3. The molecule has 0 amide bonds. The van der Waals surface area contributed by atoms with Crippen LogP contribution < -0.4 is 4.90 Å². The molecule has 90 valence electrons. The van der Waals surface area contributed by atoms with Crippen molar-refractivity contribution in [3.63, 3.8) is 0 Å². The molecule has 0 aliphatic carbocycles. The number of aromatic nitrogens is 1. The normalized spacial score (nSPS) is 21.4. The molecule has 5 heteroatoms. The minimum atomic E-state index is 0.0883. The second kappa shape index (κ2) is 5.12. The largest absolute Gasteiger partial charge is 0.391 e.